The van der Waals surface area contributed by atoms with Gasteiger partial charge in [-0.3, -0.25) is 0 Å². The summed E-state index contributed by atoms with van der Waals surface area (Å²) in [5.74, 6) is 0.885. The molecule has 0 bridgehead atoms. The Morgan fingerprint density at radius 3 is 3.06 bits per heavy atom. The van der Waals surface area contributed by atoms with Gasteiger partial charge in [-0.2, -0.15) is 5.26 Å². The van der Waals surface area contributed by atoms with Crippen molar-refractivity contribution in [2.75, 3.05) is 6.61 Å². The van der Waals surface area contributed by atoms with Crippen LogP contribution in [0.4, 0.5) is 0 Å². The number of benzene rings is 1. The van der Waals surface area contributed by atoms with Crippen LogP contribution >= 0.6 is 11.3 Å². The average molecular weight is 227 g/mol. The van der Waals surface area contributed by atoms with Crippen molar-refractivity contribution < 1.29 is 4.74 Å². The van der Waals surface area contributed by atoms with Gasteiger partial charge in [0.05, 0.1) is 18.2 Å². The second kappa shape index (κ2) is 3.66. The number of hydrogen-bond donors (Lipinski definition) is 0. The molecule has 1 aromatic heterocycles. The van der Waals surface area contributed by atoms with Gasteiger partial charge in [0.2, 0.25) is 0 Å². The topological polar surface area (TPSA) is 33.0 Å². The summed E-state index contributed by atoms with van der Waals surface area (Å²) < 4.78 is 5.69. The molecule has 3 rings (SSSR count). The van der Waals surface area contributed by atoms with Gasteiger partial charge in [-0.05, 0) is 35.2 Å². The molecule has 1 aromatic carbocycles. The van der Waals surface area contributed by atoms with E-state index in [2.05, 4.69) is 17.5 Å². The molecule has 0 radical (unpaired) electrons. The van der Waals surface area contributed by atoms with E-state index in [1.54, 1.807) is 17.4 Å². The maximum absolute atomic E-state index is 8.92. The number of thiophene rings is 1. The summed E-state index contributed by atoms with van der Waals surface area (Å²) in [6, 6.07) is 9.87. The first kappa shape index (κ1) is 9.44. The summed E-state index contributed by atoms with van der Waals surface area (Å²) in [7, 11) is 0. The first-order valence-corrected chi connectivity index (χ1v) is 6.00. The molecule has 2 nitrogen and oxygen atoms in total. The van der Waals surface area contributed by atoms with Crippen molar-refractivity contribution in [1.29, 1.82) is 5.26 Å². The SMILES string of the molecule is N#Cc1ccc2c(c1)-c1ccsc1CCO2. The molecular formula is C13H9NOS. The highest BCUT2D eigenvalue weighted by Gasteiger charge is 2.16. The van der Waals surface area contributed by atoms with E-state index in [1.807, 2.05) is 12.1 Å². The van der Waals surface area contributed by atoms with Gasteiger partial charge in [0.25, 0.3) is 0 Å². The van der Waals surface area contributed by atoms with Gasteiger partial charge in [0.15, 0.2) is 0 Å². The van der Waals surface area contributed by atoms with Gasteiger partial charge < -0.3 is 4.74 Å². The number of nitriles is 1. The summed E-state index contributed by atoms with van der Waals surface area (Å²) in [4.78, 5) is 1.34. The van der Waals surface area contributed by atoms with Crippen molar-refractivity contribution >= 4 is 11.3 Å². The predicted molar refractivity (Wildman–Crippen MR) is 63.7 cm³/mol. The highest BCUT2D eigenvalue weighted by molar-refractivity contribution is 7.10. The second-order valence-corrected chi connectivity index (χ2v) is 4.68. The standard InChI is InChI=1S/C13H9NOS/c14-8-9-1-2-12-11(7-9)10-4-6-16-13(10)3-5-15-12/h1-2,4,6-7H,3,5H2. The highest BCUT2D eigenvalue weighted by Crippen LogP contribution is 2.38. The third-order valence-corrected chi connectivity index (χ3v) is 3.71. The zero-order valence-electron chi connectivity index (χ0n) is 8.56. The van der Waals surface area contributed by atoms with Gasteiger partial charge in [-0.25, -0.2) is 0 Å². The Morgan fingerprint density at radius 1 is 1.25 bits per heavy atom. The predicted octanol–water partition coefficient (Wildman–Crippen LogP) is 3.22. The van der Waals surface area contributed by atoms with Crippen molar-refractivity contribution in [3.05, 3.63) is 40.1 Å². The van der Waals surface area contributed by atoms with E-state index in [0.717, 1.165) is 17.7 Å². The Labute approximate surface area is 97.7 Å². The van der Waals surface area contributed by atoms with E-state index >= 15 is 0 Å². The lowest BCUT2D eigenvalue weighted by atomic mass is 10.0. The molecule has 0 N–H and O–H groups in total. The van der Waals surface area contributed by atoms with E-state index in [4.69, 9.17) is 10.00 Å². The molecule has 1 aliphatic heterocycles. The first-order chi connectivity index (χ1) is 7.88. The Hall–Kier alpha value is -1.79. The number of hydrogen-bond acceptors (Lipinski definition) is 3. The number of fused-ring (bicyclic) bond motifs is 3. The van der Waals surface area contributed by atoms with Crippen LogP contribution in [0, 0.1) is 11.3 Å². The van der Waals surface area contributed by atoms with Gasteiger partial charge in [0, 0.05) is 16.9 Å². The Kier molecular flexibility index (Phi) is 2.16. The molecule has 2 aromatic rings. The minimum Gasteiger partial charge on any atom is -0.493 e. The van der Waals surface area contributed by atoms with Crippen molar-refractivity contribution in [3.8, 4) is 22.9 Å². The molecular weight excluding hydrogens is 218 g/mol. The third kappa shape index (κ3) is 1.39. The Balaban J connectivity index is 2.26. The summed E-state index contributed by atoms with van der Waals surface area (Å²) in [6.45, 7) is 0.715. The summed E-state index contributed by atoms with van der Waals surface area (Å²) in [6.07, 6.45) is 0.948. The molecule has 0 saturated heterocycles. The molecule has 0 spiro atoms. The van der Waals surface area contributed by atoms with Crippen molar-refractivity contribution in [1.82, 2.24) is 0 Å². The molecule has 1 aliphatic rings. The maximum Gasteiger partial charge on any atom is 0.127 e. The molecule has 0 unspecified atom stereocenters. The summed E-state index contributed by atoms with van der Waals surface area (Å²) in [5.41, 5.74) is 2.95. The number of ether oxygens (including phenoxy) is 1. The Morgan fingerprint density at radius 2 is 2.19 bits per heavy atom. The van der Waals surface area contributed by atoms with E-state index in [0.29, 0.717) is 12.2 Å². The summed E-state index contributed by atoms with van der Waals surface area (Å²) >= 11 is 1.75. The lowest BCUT2D eigenvalue weighted by Crippen LogP contribution is -1.97. The first-order valence-electron chi connectivity index (χ1n) is 5.12. The van der Waals surface area contributed by atoms with Crippen LogP contribution in [0.5, 0.6) is 5.75 Å². The van der Waals surface area contributed by atoms with Crippen molar-refractivity contribution in [3.63, 3.8) is 0 Å². The van der Waals surface area contributed by atoms with Gasteiger partial charge in [-0.15, -0.1) is 11.3 Å². The zero-order valence-corrected chi connectivity index (χ0v) is 9.38. The molecule has 3 heteroatoms. The fourth-order valence-electron chi connectivity index (χ4n) is 1.96. The molecule has 2 heterocycles. The molecule has 0 atom stereocenters. The van der Waals surface area contributed by atoms with Crippen LogP contribution < -0.4 is 4.74 Å². The number of rotatable bonds is 0. The van der Waals surface area contributed by atoms with Gasteiger partial charge >= 0.3 is 0 Å². The van der Waals surface area contributed by atoms with Crippen LogP contribution in [0.1, 0.15) is 10.4 Å². The van der Waals surface area contributed by atoms with E-state index in [9.17, 15) is 0 Å². The third-order valence-electron chi connectivity index (χ3n) is 2.73. The molecule has 0 amide bonds. The maximum atomic E-state index is 8.92. The zero-order chi connectivity index (χ0) is 11.0. The molecule has 78 valence electrons. The summed E-state index contributed by atoms with van der Waals surface area (Å²) in [5, 5.41) is 11.0. The Bertz CT molecular complexity index is 580. The van der Waals surface area contributed by atoms with Crippen LogP contribution in [0.2, 0.25) is 0 Å². The van der Waals surface area contributed by atoms with Crippen LogP contribution in [-0.2, 0) is 6.42 Å². The van der Waals surface area contributed by atoms with Crippen LogP contribution in [0.3, 0.4) is 0 Å². The quantitative estimate of drug-likeness (QED) is 0.692. The van der Waals surface area contributed by atoms with Crippen molar-refractivity contribution in [2.45, 2.75) is 6.42 Å². The largest absolute Gasteiger partial charge is 0.493 e. The van der Waals surface area contributed by atoms with Crippen LogP contribution in [-0.4, -0.2) is 6.61 Å². The fraction of sp³-hybridized carbons (Fsp3) is 0.154. The smallest absolute Gasteiger partial charge is 0.127 e. The van der Waals surface area contributed by atoms with E-state index < -0.39 is 0 Å². The monoisotopic (exact) mass is 227 g/mol. The lowest BCUT2D eigenvalue weighted by Gasteiger charge is -2.06. The van der Waals surface area contributed by atoms with Crippen LogP contribution in [0.25, 0.3) is 11.1 Å². The minimum absolute atomic E-state index is 0.682. The second-order valence-electron chi connectivity index (χ2n) is 3.68. The van der Waals surface area contributed by atoms with Crippen LogP contribution in [0.15, 0.2) is 29.6 Å². The van der Waals surface area contributed by atoms with Crippen molar-refractivity contribution in [2.24, 2.45) is 0 Å². The van der Waals surface area contributed by atoms with Gasteiger partial charge in [0.1, 0.15) is 5.75 Å². The molecule has 0 saturated carbocycles. The minimum atomic E-state index is 0.682. The number of nitrogens with zero attached hydrogens (tertiary/aromatic N) is 1. The highest BCUT2D eigenvalue weighted by atomic mass is 32.1. The average Bonchev–Trinajstić information content (AvgIpc) is 2.71. The normalized spacial score (nSPS) is 12.9. The van der Waals surface area contributed by atoms with Gasteiger partial charge in [-0.1, -0.05) is 0 Å². The molecule has 16 heavy (non-hydrogen) atoms. The molecule has 0 fully saturated rings. The fourth-order valence-corrected chi connectivity index (χ4v) is 2.84. The van der Waals surface area contributed by atoms with E-state index in [1.165, 1.54) is 10.4 Å². The van der Waals surface area contributed by atoms with E-state index in [-0.39, 0.29) is 0 Å². The molecule has 0 aliphatic carbocycles. The lowest BCUT2D eigenvalue weighted by molar-refractivity contribution is 0.327.